The zero-order valence-corrected chi connectivity index (χ0v) is 16.5. The number of unbranched alkanes of at least 4 members (excludes halogenated alkanes) is 13. The molecule has 0 aliphatic carbocycles. The normalized spacial score (nSPS) is 10.9. The average molecular weight is 352 g/mol. The van der Waals surface area contributed by atoms with E-state index in [0.29, 0.717) is 0 Å². The highest BCUT2D eigenvalue weighted by Crippen LogP contribution is 2.17. The fraction of sp³-hybridized carbons (Fsp3) is 0.762. The van der Waals surface area contributed by atoms with Gasteiger partial charge in [-0.3, -0.25) is 4.79 Å². The number of nitrogens with one attached hydrogen (secondary N) is 1. The number of thiophene rings is 1. The molecule has 0 fully saturated rings. The number of anilines is 1. The average Bonchev–Trinajstić information content (AvgIpc) is 3.06. The van der Waals surface area contributed by atoms with Crippen LogP contribution in [0.5, 0.6) is 0 Å². The second kappa shape index (κ2) is 15.7. The first kappa shape index (κ1) is 21.2. The van der Waals surface area contributed by atoms with Crippen molar-refractivity contribution >= 4 is 23.3 Å². The first-order valence-corrected chi connectivity index (χ1v) is 11.0. The summed E-state index contributed by atoms with van der Waals surface area (Å²) in [6.45, 7) is 3.30. The van der Waals surface area contributed by atoms with E-state index in [9.17, 15) is 4.79 Å². The minimum atomic E-state index is 0.804. The van der Waals surface area contributed by atoms with Gasteiger partial charge in [0.05, 0.1) is 4.88 Å². The van der Waals surface area contributed by atoms with Crippen LogP contribution in [0.3, 0.4) is 0 Å². The molecule has 1 N–H and O–H groups in total. The van der Waals surface area contributed by atoms with E-state index >= 15 is 0 Å². The molecule has 0 atom stereocenters. The third kappa shape index (κ3) is 11.7. The lowest BCUT2D eigenvalue weighted by Crippen LogP contribution is -2.00. The van der Waals surface area contributed by atoms with Crippen LogP contribution in [0.2, 0.25) is 0 Å². The van der Waals surface area contributed by atoms with Crippen LogP contribution in [0.25, 0.3) is 0 Å². The summed E-state index contributed by atoms with van der Waals surface area (Å²) >= 11 is 1.51. The molecule has 0 bridgehead atoms. The van der Waals surface area contributed by atoms with Crippen LogP contribution < -0.4 is 5.32 Å². The van der Waals surface area contributed by atoms with Gasteiger partial charge in [0.2, 0.25) is 0 Å². The third-order valence-corrected chi connectivity index (χ3v) is 5.45. The zero-order chi connectivity index (χ0) is 17.3. The molecule has 3 heteroatoms. The molecule has 0 aromatic carbocycles. The minimum absolute atomic E-state index is 0.804. The molecule has 0 unspecified atom stereocenters. The third-order valence-electron chi connectivity index (χ3n) is 4.60. The zero-order valence-electron chi connectivity index (χ0n) is 15.7. The predicted octanol–water partition coefficient (Wildman–Crippen LogP) is 7.45. The Balaban J connectivity index is 1.75. The topological polar surface area (TPSA) is 29.1 Å². The molecule has 0 saturated heterocycles. The molecule has 0 aliphatic rings. The van der Waals surface area contributed by atoms with Crippen molar-refractivity contribution in [3.8, 4) is 0 Å². The van der Waals surface area contributed by atoms with E-state index in [1.54, 1.807) is 0 Å². The van der Waals surface area contributed by atoms with Crippen LogP contribution in [0, 0.1) is 0 Å². The molecular weight excluding hydrogens is 314 g/mol. The largest absolute Gasteiger partial charge is 0.384 e. The lowest BCUT2D eigenvalue weighted by atomic mass is 10.0. The Labute approximate surface area is 153 Å². The Morgan fingerprint density at radius 2 is 1.33 bits per heavy atom. The monoisotopic (exact) mass is 351 g/mol. The van der Waals surface area contributed by atoms with Gasteiger partial charge in [-0.1, -0.05) is 90.4 Å². The fourth-order valence-corrected chi connectivity index (χ4v) is 3.72. The number of hydrogen-bond acceptors (Lipinski definition) is 3. The molecule has 0 spiro atoms. The summed E-state index contributed by atoms with van der Waals surface area (Å²) in [5, 5.41) is 5.42. The van der Waals surface area contributed by atoms with Crippen LogP contribution in [-0.2, 0) is 0 Å². The second-order valence-electron chi connectivity index (χ2n) is 6.88. The number of carbonyl (C=O) groups excluding carboxylic acids is 1. The summed E-state index contributed by atoms with van der Waals surface area (Å²) in [7, 11) is 0. The lowest BCUT2D eigenvalue weighted by Gasteiger charge is -2.04. The summed E-state index contributed by atoms with van der Waals surface area (Å²) in [4.78, 5) is 11.4. The maximum atomic E-state index is 10.6. The van der Waals surface area contributed by atoms with Crippen molar-refractivity contribution in [3.05, 3.63) is 16.3 Å². The van der Waals surface area contributed by atoms with E-state index in [1.165, 1.54) is 101 Å². The van der Waals surface area contributed by atoms with Gasteiger partial charge in [-0.05, 0) is 12.5 Å². The molecule has 1 heterocycles. The molecule has 0 amide bonds. The van der Waals surface area contributed by atoms with Crippen LogP contribution in [0.15, 0.2) is 11.4 Å². The summed E-state index contributed by atoms with van der Waals surface area (Å²) in [5.41, 5.74) is 1.09. The van der Waals surface area contributed by atoms with Gasteiger partial charge in [0, 0.05) is 17.6 Å². The molecule has 0 aliphatic heterocycles. The fourth-order valence-electron chi connectivity index (χ4n) is 3.06. The van der Waals surface area contributed by atoms with Crippen molar-refractivity contribution in [1.82, 2.24) is 0 Å². The molecule has 2 nitrogen and oxygen atoms in total. The highest BCUT2D eigenvalue weighted by Gasteiger charge is 1.98. The molecule has 1 aromatic rings. The first-order valence-electron chi connectivity index (χ1n) is 10.1. The summed E-state index contributed by atoms with van der Waals surface area (Å²) in [5.74, 6) is 0. The number of carbonyl (C=O) groups is 1. The molecule has 1 rings (SSSR count). The molecule has 0 saturated carbocycles. The van der Waals surface area contributed by atoms with Gasteiger partial charge in [0.25, 0.3) is 0 Å². The van der Waals surface area contributed by atoms with Crippen LogP contribution >= 0.6 is 11.3 Å². The Hall–Kier alpha value is -0.830. The van der Waals surface area contributed by atoms with Gasteiger partial charge in [0.15, 0.2) is 6.29 Å². The van der Waals surface area contributed by atoms with Crippen molar-refractivity contribution in [2.45, 2.75) is 96.8 Å². The Kier molecular flexibility index (Phi) is 13.9. The quantitative estimate of drug-likeness (QED) is 0.233. The Bertz CT molecular complexity index is 402. The van der Waals surface area contributed by atoms with E-state index in [0.717, 1.165) is 23.4 Å². The number of rotatable bonds is 17. The van der Waals surface area contributed by atoms with Gasteiger partial charge in [0.1, 0.15) is 0 Å². The maximum absolute atomic E-state index is 10.6. The van der Waals surface area contributed by atoms with Crippen molar-refractivity contribution in [1.29, 1.82) is 0 Å². The number of aldehydes is 1. The lowest BCUT2D eigenvalue weighted by molar-refractivity contribution is 0.112. The summed E-state index contributed by atoms with van der Waals surface area (Å²) < 4.78 is 0. The molecular formula is C21H37NOS. The predicted molar refractivity (Wildman–Crippen MR) is 109 cm³/mol. The Morgan fingerprint density at radius 1 is 0.833 bits per heavy atom. The van der Waals surface area contributed by atoms with E-state index in [2.05, 4.69) is 12.2 Å². The van der Waals surface area contributed by atoms with Crippen LogP contribution in [0.4, 0.5) is 5.69 Å². The van der Waals surface area contributed by atoms with E-state index in [4.69, 9.17) is 0 Å². The van der Waals surface area contributed by atoms with E-state index in [1.807, 2.05) is 11.4 Å². The molecule has 138 valence electrons. The highest BCUT2D eigenvalue weighted by atomic mass is 32.1. The van der Waals surface area contributed by atoms with Gasteiger partial charge in [-0.2, -0.15) is 0 Å². The van der Waals surface area contributed by atoms with Gasteiger partial charge in [-0.25, -0.2) is 0 Å². The van der Waals surface area contributed by atoms with Crippen molar-refractivity contribution < 1.29 is 4.79 Å². The van der Waals surface area contributed by atoms with Gasteiger partial charge < -0.3 is 5.32 Å². The standard InChI is InChI=1S/C21H37NOS/c1-2-3-4-5-6-7-8-9-10-11-12-13-14-15-16-22-20-17-21(18-23)24-19-20/h17-19,22H,2-16H2,1H3. The number of hydrogen-bond donors (Lipinski definition) is 1. The van der Waals surface area contributed by atoms with Gasteiger partial charge in [-0.15, -0.1) is 11.3 Å². The van der Waals surface area contributed by atoms with Crippen molar-refractivity contribution in [2.24, 2.45) is 0 Å². The molecule has 0 radical (unpaired) electrons. The van der Waals surface area contributed by atoms with E-state index < -0.39 is 0 Å². The van der Waals surface area contributed by atoms with Crippen molar-refractivity contribution in [2.75, 3.05) is 11.9 Å². The summed E-state index contributed by atoms with van der Waals surface area (Å²) in [6.07, 6.45) is 20.5. The highest BCUT2D eigenvalue weighted by molar-refractivity contribution is 7.12. The van der Waals surface area contributed by atoms with Crippen LogP contribution in [0.1, 0.15) is 106 Å². The van der Waals surface area contributed by atoms with Crippen LogP contribution in [-0.4, -0.2) is 12.8 Å². The molecule has 24 heavy (non-hydrogen) atoms. The Morgan fingerprint density at radius 3 is 1.79 bits per heavy atom. The first-order chi connectivity index (χ1) is 11.9. The summed E-state index contributed by atoms with van der Waals surface area (Å²) in [6, 6.07) is 1.93. The minimum Gasteiger partial charge on any atom is -0.384 e. The SMILES string of the molecule is CCCCCCCCCCCCCCCCNc1csc(C=O)c1. The second-order valence-corrected chi connectivity index (χ2v) is 7.82. The van der Waals surface area contributed by atoms with Crippen molar-refractivity contribution in [3.63, 3.8) is 0 Å². The van der Waals surface area contributed by atoms with E-state index in [-0.39, 0.29) is 0 Å². The maximum Gasteiger partial charge on any atom is 0.160 e. The van der Waals surface area contributed by atoms with Gasteiger partial charge >= 0.3 is 0 Å². The smallest absolute Gasteiger partial charge is 0.160 e. The molecule has 1 aromatic heterocycles.